The van der Waals surface area contributed by atoms with E-state index in [1.807, 2.05) is 43.3 Å². The van der Waals surface area contributed by atoms with Gasteiger partial charge in [0, 0.05) is 24.7 Å². The summed E-state index contributed by atoms with van der Waals surface area (Å²) in [5, 5.41) is 3.24. The van der Waals surface area contributed by atoms with Crippen LogP contribution in [0.3, 0.4) is 0 Å². The molecular formula is C27H30N2O2. The van der Waals surface area contributed by atoms with E-state index in [9.17, 15) is 4.79 Å². The van der Waals surface area contributed by atoms with Gasteiger partial charge < -0.3 is 10.1 Å². The van der Waals surface area contributed by atoms with E-state index < -0.39 is 0 Å². The normalized spacial score (nSPS) is 16.6. The molecule has 4 heteroatoms. The van der Waals surface area contributed by atoms with Gasteiger partial charge in [0.1, 0.15) is 5.75 Å². The van der Waals surface area contributed by atoms with Crippen LogP contribution in [0.2, 0.25) is 0 Å². The van der Waals surface area contributed by atoms with Crippen molar-refractivity contribution in [1.29, 1.82) is 0 Å². The van der Waals surface area contributed by atoms with Gasteiger partial charge in [-0.1, -0.05) is 54.6 Å². The molecule has 31 heavy (non-hydrogen) atoms. The van der Waals surface area contributed by atoms with Crippen LogP contribution in [0.1, 0.15) is 34.3 Å². The number of rotatable bonds is 6. The molecule has 1 unspecified atom stereocenters. The molecule has 0 aromatic heterocycles. The average Bonchev–Trinajstić information content (AvgIpc) is 2.80. The summed E-state index contributed by atoms with van der Waals surface area (Å²) in [6, 6.07) is 24.8. The number of benzene rings is 3. The molecule has 1 N–H and O–H groups in total. The fourth-order valence-electron chi connectivity index (χ4n) is 4.27. The zero-order valence-electron chi connectivity index (χ0n) is 18.3. The van der Waals surface area contributed by atoms with Crippen molar-refractivity contribution < 1.29 is 9.53 Å². The average molecular weight is 415 g/mol. The van der Waals surface area contributed by atoms with E-state index in [-0.39, 0.29) is 11.9 Å². The van der Waals surface area contributed by atoms with Crippen LogP contribution in [0, 0.1) is 6.92 Å². The summed E-state index contributed by atoms with van der Waals surface area (Å²) in [7, 11) is 1.69. The van der Waals surface area contributed by atoms with Gasteiger partial charge in [-0.25, -0.2) is 0 Å². The molecule has 4 nitrogen and oxygen atoms in total. The first-order chi connectivity index (χ1) is 15.1. The molecular weight excluding hydrogens is 384 g/mol. The lowest BCUT2D eigenvalue weighted by atomic mass is 10.0. The highest BCUT2D eigenvalue weighted by molar-refractivity contribution is 5.95. The second-order valence-corrected chi connectivity index (χ2v) is 8.29. The van der Waals surface area contributed by atoms with Crippen LogP contribution >= 0.6 is 0 Å². The Kier molecular flexibility index (Phi) is 6.68. The maximum absolute atomic E-state index is 12.7. The monoisotopic (exact) mass is 414 g/mol. The topological polar surface area (TPSA) is 41.6 Å². The van der Waals surface area contributed by atoms with E-state index >= 15 is 0 Å². The Morgan fingerprint density at radius 2 is 1.84 bits per heavy atom. The molecule has 0 radical (unpaired) electrons. The minimum Gasteiger partial charge on any atom is -0.497 e. The summed E-state index contributed by atoms with van der Waals surface area (Å²) in [5.74, 6) is 0.904. The lowest BCUT2D eigenvalue weighted by Gasteiger charge is -2.33. The fourth-order valence-corrected chi connectivity index (χ4v) is 4.27. The molecule has 3 aromatic rings. The first-order valence-corrected chi connectivity index (χ1v) is 10.9. The van der Waals surface area contributed by atoms with Crippen LogP contribution in [-0.4, -0.2) is 37.0 Å². The van der Waals surface area contributed by atoms with Crippen molar-refractivity contribution in [3.63, 3.8) is 0 Å². The van der Waals surface area contributed by atoms with E-state index in [0.717, 1.165) is 54.9 Å². The summed E-state index contributed by atoms with van der Waals surface area (Å²) in [6.07, 6.45) is 2.13. The minimum atomic E-state index is 0.0348. The van der Waals surface area contributed by atoms with Gasteiger partial charge in [0.2, 0.25) is 0 Å². The van der Waals surface area contributed by atoms with E-state index in [1.54, 1.807) is 7.11 Å². The number of nitrogens with one attached hydrogen (secondary N) is 1. The predicted octanol–water partition coefficient (Wildman–Crippen LogP) is 5.07. The number of ether oxygens (including phenoxy) is 1. The van der Waals surface area contributed by atoms with Gasteiger partial charge in [0.15, 0.2) is 0 Å². The third kappa shape index (κ3) is 5.33. The van der Waals surface area contributed by atoms with E-state index in [0.29, 0.717) is 0 Å². The number of carbonyl (C=O) groups excluding carboxylic acids is 1. The van der Waals surface area contributed by atoms with Crippen molar-refractivity contribution in [3.8, 4) is 16.9 Å². The Labute approximate surface area is 184 Å². The second-order valence-electron chi connectivity index (χ2n) is 8.29. The Morgan fingerprint density at radius 1 is 1.03 bits per heavy atom. The molecule has 4 rings (SSSR count). The maximum atomic E-state index is 12.7. The highest BCUT2D eigenvalue weighted by Gasteiger charge is 2.22. The van der Waals surface area contributed by atoms with Crippen LogP contribution in [0.25, 0.3) is 11.1 Å². The third-order valence-electron chi connectivity index (χ3n) is 5.99. The lowest BCUT2D eigenvalue weighted by molar-refractivity contribution is 0.0900. The van der Waals surface area contributed by atoms with Gasteiger partial charge in [-0.15, -0.1) is 0 Å². The first kappa shape index (κ1) is 21.1. The molecule has 0 spiro atoms. The molecule has 1 atom stereocenters. The van der Waals surface area contributed by atoms with Gasteiger partial charge in [0.25, 0.3) is 5.91 Å². The smallest absolute Gasteiger partial charge is 0.251 e. The van der Waals surface area contributed by atoms with Crippen LogP contribution in [0.4, 0.5) is 0 Å². The Bertz CT molecular complexity index is 1030. The number of nitrogens with zero attached hydrogens (tertiary/aromatic N) is 1. The zero-order chi connectivity index (χ0) is 21.6. The number of hydrogen-bond donors (Lipinski definition) is 1. The number of aryl methyl sites for hydroxylation is 1. The molecule has 1 aliphatic rings. The molecule has 1 fully saturated rings. The van der Waals surface area contributed by atoms with Crippen molar-refractivity contribution in [3.05, 3.63) is 89.5 Å². The predicted molar refractivity (Wildman–Crippen MR) is 125 cm³/mol. The maximum Gasteiger partial charge on any atom is 0.251 e. The molecule has 1 amide bonds. The number of piperidine rings is 1. The number of methoxy groups -OCH3 is 1. The van der Waals surface area contributed by atoms with Crippen molar-refractivity contribution in [2.75, 3.05) is 20.2 Å². The number of hydrogen-bond acceptors (Lipinski definition) is 3. The molecule has 0 saturated carbocycles. The number of carbonyl (C=O) groups is 1. The SMILES string of the molecule is COc1cccc(-c2ccc(CN3CCCC(NC(=O)c4ccccc4C)C3)cc2)c1. The highest BCUT2D eigenvalue weighted by Crippen LogP contribution is 2.24. The number of amides is 1. The summed E-state index contributed by atoms with van der Waals surface area (Å²) in [4.78, 5) is 15.1. The second kappa shape index (κ2) is 9.80. The summed E-state index contributed by atoms with van der Waals surface area (Å²) in [5.41, 5.74) is 5.42. The quantitative estimate of drug-likeness (QED) is 0.613. The standard InChI is InChI=1S/C27H30N2O2/c1-20-7-3-4-11-26(20)27(30)28-24-9-6-16-29(19-24)18-21-12-14-22(15-13-21)23-8-5-10-25(17-23)31-2/h3-5,7-8,10-15,17,24H,6,9,16,18-19H2,1-2H3,(H,28,30). The third-order valence-corrected chi connectivity index (χ3v) is 5.99. The Morgan fingerprint density at radius 3 is 2.61 bits per heavy atom. The molecule has 160 valence electrons. The van der Waals surface area contributed by atoms with Crippen molar-refractivity contribution in [1.82, 2.24) is 10.2 Å². The molecule has 1 aliphatic heterocycles. The molecule has 1 saturated heterocycles. The van der Waals surface area contributed by atoms with Gasteiger partial charge in [0.05, 0.1) is 7.11 Å². The van der Waals surface area contributed by atoms with Gasteiger partial charge >= 0.3 is 0 Å². The largest absolute Gasteiger partial charge is 0.497 e. The number of likely N-dealkylation sites (tertiary alicyclic amines) is 1. The van der Waals surface area contributed by atoms with Crippen molar-refractivity contribution >= 4 is 5.91 Å². The van der Waals surface area contributed by atoms with Crippen molar-refractivity contribution in [2.45, 2.75) is 32.4 Å². The molecule has 1 heterocycles. The van der Waals surface area contributed by atoms with E-state index in [4.69, 9.17) is 4.74 Å². The minimum absolute atomic E-state index is 0.0348. The fraction of sp³-hybridized carbons (Fsp3) is 0.296. The highest BCUT2D eigenvalue weighted by atomic mass is 16.5. The van der Waals surface area contributed by atoms with Crippen molar-refractivity contribution in [2.24, 2.45) is 0 Å². The molecule has 0 bridgehead atoms. The van der Waals surface area contributed by atoms with Crippen LogP contribution in [0.15, 0.2) is 72.8 Å². The van der Waals surface area contributed by atoms with E-state index in [1.165, 1.54) is 11.1 Å². The van der Waals surface area contributed by atoms with Gasteiger partial charge in [-0.2, -0.15) is 0 Å². The van der Waals surface area contributed by atoms with E-state index in [2.05, 4.69) is 46.6 Å². The summed E-state index contributed by atoms with van der Waals surface area (Å²) >= 11 is 0. The molecule has 0 aliphatic carbocycles. The zero-order valence-corrected chi connectivity index (χ0v) is 18.3. The molecule has 3 aromatic carbocycles. The van der Waals surface area contributed by atoms with Gasteiger partial charge in [-0.3, -0.25) is 9.69 Å². The summed E-state index contributed by atoms with van der Waals surface area (Å²) < 4.78 is 5.34. The Balaban J connectivity index is 1.36. The lowest BCUT2D eigenvalue weighted by Crippen LogP contribution is -2.47. The summed E-state index contributed by atoms with van der Waals surface area (Å²) in [6.45, 7) is 4.83. The van der Waals surface area contributed by atoms with Crippen LogP contribution in [0.5, 0.6) is 5.75 Å². The first-order valence-electron chi connectivity index (χ1n) is 10.9. The van der Waals surface area contributed by atoms with Gasteiger partial charge in [-0.05, 0) is 66.8 Å². The van der Waals surface area contributed by atoms with Crippen LogP contribution < -0.4 is 10.1 Å². The Hall–Kier alpha value is -3.11. The van der Waals surface area contributed by atoms with Crippen LogP contribution in [-0.2, 0) is 6.54 Å².